The van der Waals surface area contributed by atoms with E-state index in [1.165, 1.54) is 0 Å². The van der Waals surface area contributed by atoms with Crippen LogP contribution in [0.2, 0.25) is 0 Å². The Morgan fingerprint density at radius 2 is 2.11 bits per heavy atom. The van der Waals surface area contributed by atoms with Gasteiger partial charge in [-0.25, -0.2) is 0 Å². The Bertz CT molecular complexity index is 422. The predicted molar refractivity (Wildman–Crippen MR) is 76.8 cm³/mol. The molecule has 0 bridgehead atoms. The number of nitrogens with zero attached hydrogens (tertiary/aromatic N) is 1. The van der Waals surface area contributed by atoms with Crippen molar-refractivity contribution in [2.45, 2.75) is 40.2 Å². The monoisotopic (exact) mass is 262 g/mol. The summed E-state index contributed by atoms with van der Waals surface area (Å²) in [7, 11) is 0. The smallest absolute Gasteiger partial charge is 0.305 e. The zero-order valence-corrected chi connectivity index (χ0v) is 12.1. The van der Waals surface area contributed by atoms with Crippen molar-refractivity contribution in [3.63, 3.8) is 0 Å². The molecule has 4 nitrogen and oxygen atoms in total. The van der Waals surface area contributed by atoms with E-state index in [0.29, 0.717) is 12.0 Å². The lowest BCUT2D eigenvalue weighted by Gasteiger charge is -2.04. The average Bonchev–Trinajstić information content (AvgIpc) is 2.39. The van der Waals surface area contributed by atoms with Crippen LogP contribution in [0.3, 0.4) is 0 Å². The summed E-state index contributed by atoms with van der Waals surface area (Å²) in [5, 5.41) is 11.7. The van der Waals surface area contributed by atoms with Gasteiger partial charge in [-0.15, -0.1) is 0 Å². The van der Waals surface area contributed by atoms with E-state index >= 15 is 0 Å². The van der Waals surface area contributed by atoms with E-state index < -0.39 is 0 Å². The Labute approximate surface area is 115 Å². The molecule has 1 aromatic rings. The van der Waals surface area contributed by atoms with Crippen LogP contribution in [0.4, 0.5) is 5.69 Å². The molecule has 19 heavy (non-hydrogen) atoms. The van der Waals surface area contributed by atoms with Gasteiger partial charge in [0.1, 0.15) is 0 Å². The lowest BCUT2D eigenvalue weighted by molar-refractivity contribution is -0.146. The van der Waals surface area contributed by atoms with E-state index in [4.69, 9.17) is 10.00 Å². The Kier molecular flexibility index (Phi) is 8.90. The van der Waals surface area contributed by atoms with Crippen molar-refractivity contribution in [3.05, 3.63) is 29.8 Å². The standard InChI is InChI=1S/C9H10N2.C6H12O2/c1-2-11-9-5-3-4-8(6-9)7-10;1-4-6(7)8-5(2)3/h3-6,11H,2H2,1H3;5H,4H2,1-3H3. The van der Waals surface area contributed by atoms with Crippen molar-refractivity contribution < 1.29 is 9.53 Å². The van der Waals surface area contributed by atoms with E-state index in [1.54, 1.807) is 13.0 Å². The molecule has 0 aromatic heterocycles. The van der Waals surface area contributed by atoms with Crippen LogP contribution < -0.4 is 5.32 Å². The summed E-state index contributed by atoms with van der Waals surface area (Å²) in [6, 6.07) is 9.54. The van der Waals surface area contributed by atoms with E-state index in [0.717, 1.165) is 12.2 Å². The second kappa shape index (κ2) is 9.95. The molecule has 104 valence electrons. The number of carbonyl (C=O) groups is 1. The number of rotatable bonds is 4. The molecule has 4 heteroatoms. The topological polar surface area (TPSA) is 62.1 Å². The number of anilines is 1. The first-order chi connectivity index (χ1) is 9.03. The van der Waals surface area contributed by atoms with Gasteiger partial charge in [-0.2, -0.15) is 5.26 Å². The maximum Gasteiger partial charge on any atom is 0.305 e. The minimum Gasteiger partial charge on any atom is -0.463 e. The van der Waals surface area contributed by atoms with Crippen molar-refractivity contribution in [2.24, 2.45) is 0 Å². The highest BCUT2D eigenvalue weighted by atomic mass is 16.5. The summed E-state index contributed by atoms with van der Waals surface area (Å²) < 4.78 is 4.76. The fourth-order valence-corrected chi connectivity index (χ4v) is 1.25. The molecular formula is C15H22N2O2. The average molecular weight is 262 g/mol. The van der Waals surface area contributed by atoms with Crippen molar-refractivity contribution in [3.8, 4) is 6.07 Å². The summed E-state index contributed by atoms with van der Waals surface area (Å²) in [4.78, 5) is 10.4. The largest absolute Gasteiger partial charge is 0.463 e. The minimum absolute atomic E-state index is 0.0300. The van der Waals surface area contributed by atoms with E-state index in [1.807, 2.05) is 39.0 Å². The van der Waals surface area contributed by atoms with Gasteiger partial charge in [-0.3, -0.25) is 4.79 Å². The van der Waals surface area contributed by atoms with Gasteiger partial charge in [-0.05, 0) is 39.0 Å². The maximum atomic E-state index is 10.4. The lowest BCUT2D eigenvalue weighted by atomic mass is 10.2. The van der Waals surface area contributed by atoms with Crippen molar-refractivity contribution in [2.75, 3.05) is 11.9 Å². The fourth-order valence-electron chi connectivity index (χ4n) is 1.25. The molecule has 0 saturated heterocycles. The maximum absolute atomic E-state index is 10.4. The number of nitriles is 1. The molecule has 0 heterocycles. The van der Waals surface area contributed by atoms with Crippen LogP contribution >= 0.6 is 0 Å². The molecule has 0 saturated carbocycles. The van der Waals surface area contributed by atoms with E-state index in [9.17, 15) is 4.79 Å². The molecule has 0 amide bonds. The van der Waals surface area contributed by atoms with Crippen molar-refractivity contribution in [1.29, 1.82) is 5.26 Å². The second-order valence-corrected chi connectivity index (χ2v) is 4.12. The summed E-state index contributed by atoms with van der Waals surface area (Å²) >= 11 is 0. The molecule has 0 aliphatic rings. The van der Waals surface area contributed by atoms with Gasteiger partial charge >= 0.3 is 5.97 Å². The number of benzene rings is 1. The molecule has 1 rings (SSSR count). The van der Waals surface area contributed by atoms with Crippen LogP contribution in [-0.4, -0.2) is 18.6 Å². The minimum atomic E-state index is -0.125. The van der Waals surface area contributed by atoms with Gasteiger partial charge in [0.2, 0.25) is 0 Å². The summed E-state index contributed by atoms with van der Waals surface area (Å²) in [5.41, 5.74) is 1.70. The van der Waals surface area contributed by atoms with Crippen LogP contribution in [-0.2, 0) is 9.53 Å². The van der Waals surface area contributed by atoms with Gasteiger partial charge in [0, 0.05) is 18.7 Å². The van der Waals surface area contributed by atoms with Gasteiger partial charge in [0.05, 0.1) is 17.7 Å². The number of nitrogens with one attached hydrogen (secondary N) is 1. The van der Waals surface area contributed by atoms with Gasteiger partial charge in [0.25, 0.3) is 0 Å². The lowest BCUT2D eigenvalue weighted by Crippen LogP contribution is -2.09. The van der Waals surface area contributed by atoms with Crippen LogP contribution in [0.1, 0.15) is 39.7 Å². The molecular weight excluding hydrogens is 240 g/mol. The van der Waals surface area contributed by atoms with Gasteiger partial charge in [-0.1, -0.05) is 13.0 Å². The number of hydrogen-bond donors (Lipinski definition) is 1. The molecule has 1 N–H and O–H groups in total. The SMILES string of the molecule is CCC(=O)OC(C)C.CCNc1cccc(C#N)c1. The first kappa shape index (κ1) is 17.0. The highest BCUT2D eigenvalue weighted by molar-refractivity contribution is 5.68. The van der Waals surface area contributed by atoms with Crippen LogP contribution in [0.15, 0.2) is 24.3 Å². The number of ether oxygens (including phenoxy) is 1. The Hall–Kier alpha value is -2.02. The van der Waals surface area contributed by atoms with Crippen LogP contribution in [0.5, 0.6) is 0 Å². The normalized spacial score (nSPS) is 9.05. The predicted octanol–water partition coefficient (Wildman–Crippen LogP) is 3.34. The number of esters is 1. The quantitative estimate of drug-likeness (QED) is 0.845. The Morgan fingerprint density at radius 1 is 1.42 bits per heavy atom. The van der Waals surface area contributed by atoms with Gasteiger partial charge in [0.15, 0.2) is 0 Å². The highest BCUT2D eigenvalue weighted by Crippen LogP contribution is 2.08. The highest BCUT2D eigenvalue weighted by Gasteiger charge is 1.98. The molecule has 0 unspecified atom stereocenters. The molecule has 0 aliphatic heterocycles. The molecule has 0 atom stereocenters. The zero-order valence-electron chi connectivity index (χ0n) is 12.1. The number of carbonyl (C=O) groups excluding carboxylic acids is 1. The number of hydrogen-bond acceptors (Lipinski definition) is 4. The first-order valence-electron chi connectivity index (χ1n) is 6.46. The molecule has 0 aliphatic carbocycles. The van der Waals surface area contributed by atoms with E-state index in [-0.39, 0.29) is 12.1 Å². The molecule has 0 fully saturated rings. The summed E-state index contributed by atoms with van der Waals surface area (Å²) in [6.07, 6.45) is 0.500. The second-order valence-electron chi connectivity index (χ2n) is 4.12. The third kappa shape index (κ3) is 8.67. The third-order valence-corrected chi connectivity index (χ3v) is 2.03. The van der Waals surface area contributed by atoms with Crippen molar-refractivity contribution >= 4 is 11.7 Å². The summed E-state index contributed by atoms with van der Waals surface area (Å²) in [6.45, 7) is 8.37. The third-order valence-electron chi connectivity index (χ3n) is 2.03. The fraction of sp³-hybridized carbons (Fsp3) is 0.467. The Morgan fingerprint density at radius 3 is 2.53 bits per heavy atom. The molecule has 1 aromatic carbocycles. The van der Waals surface area contributed by atoms with Gasteiger partial charge < -0.3 is 10.1 Å². The van der Waals surface area contributed by atoms with Crippen LogP contribution in [0, 0.1) is 11.3 Å². The van der Waals surface area contributed by atoms with Crippen molar-refractivity contribution in [1.82, 2.24) is 0 Å². The van der Waals surface area contributed by atoms with Crippen LogP contribution in [0.25, 0.3) is 0 Å². The molecule has 0 radical (unpaired) electrons. The first-order valence-corrected chi connectivity index (χ1v) is 6.46. The summed E-state index contributed by atoms with van der Waals surface area (Å²) in [5.74, 6) is -0.125. The molecule has 0 spiro atoms. The zero-order chi connectivity index (χ0) is 14.7. The van der Waals surface area contributed by atoms with E-state index in [2.05, 4.69) is 11.4 Å². The Balaban J connectivity index is 0.000000362.